The zero-order valence-corrected chi connectivity index (χ0v) is 19.7. The minimum absolute atomic E-state index is 0.0396. The van der Waals surface area contributed by atoms with Crippen LogP contribution in [-0.4, -0.2) is 28.9 Å². The topological polar surface area (TPSA) is 80.7 Å². The summed E-state index contributed by atoms with van der Waals surface area (Å²) in [6, 6.07) is 0. The molecule has 0 spiro atoms. The van der Waals surface area contributed by atoms with Crippen LogP contribution < -0.4 is 0 Å². The number of carboxylic acid groups (broad SMARTS) is 1. The smallest absolute Gasteiger partial charge is 0.306 e. The molecule has 0 bridgehead atoms. The molecule has 0 aliphatic heterocycles. The summed E-state index contributed by atoms with van der Waals surface area (Å²) in [4.78, 5) is 35.2. The Morgan fingerprint density at radius 3 is 2.32 bits per heavy atom. The molecule has 4 aliphatic carbocycles. The number of hydrogen-bond acceptors (Lipinski definition) is 4. The predicted molar refractivity (Wildman–Crippen MR) is 117 cm³/mol. The highest BCUT2D eigenvalue weighted by Gasteiger charge is 2.64. The van der Waals surface area contributed by atoms with Gasteiger partial charge in [0.25, 0.3) is 0 Å². The predicted octanol–water partition coefficient (Wildman–Crippen LogP) is 5.40. The zero-order valence-electron chi connectivity index (χ0n) is 19.7. The summed E-state index contributed by atoms with van der Waals surface area (Å²) in [5.74, 6) is 1.40. The van der Waals surface area contributed by atoms with Crippen molar-refractivity contribution in [1.82, 2.24) is 0 Å². The van der Waals surface area contributed by atoms with Crippen LogP contribution in [0.5, 0.6) is 0 Å². The third-order valence-electron chi connectivity index (χ3n) is 10.7. The van der Waals surface area contributed by atoms with E-state index in [0.717, 1.165) is 38.0 Å². The van der Waals surface area contributed by atoms with E-state index in [2.05, 4.69) is 20.8 Å². The first-order valence-corrected chi connectivity index (χ1v) is 12.4. The van der Waals surface area contributed by atoms with Gasteiger partial charge in [0.2, 0.25) is 0 Å². The molecular formula is C26H40O5. The molecule has 174 valence electrons. The first kappa shape index (κ1) is 22.8. The van der Waals surface area contributed by atoms with Gasteiger partial charge in [-0.1, -0.05) is 20.8 Å². The van der Waals surface area contributed by atoms with Crippen molar-refractivity contribution in [2.75, 3.05) is 0 Å². The lowest BCUT2D eigenvalue weighted by Crippen LogP contribution is -2.58. The lowest BCUT2D eigenvalue weighted by atomic mass is 9.40. The normalized spacial score (nSPS) is 46.4. The maximum atomic E-state index is 12.3. The fourth-order valence-electron chi connectivity index (χ4n) is 8.81. The Morgan fingerprint density at radius 2 is 1.65 bits per heavy atom. The summed E-state index contributed by atoms with van der Waals surface area (Å²) in [5.41, 5.74) is 0.583. The van der Waals surface area contributed by atoms with Gasteiger partial charge in [-0.15, -0.1) is 0 Å². The maximum Gasteiger partial charge on any atom is 0.306 e. The Kier molecular flexibility index (Phi) is 5.79. The summed E-state index contributed by atoms with van der Waals surface area (Å²) >= 11 is 0. The van der Waals surface area contributed by atoms with E-state index in [1.54, 1.807) is 6.92 Å². The second-order valence-corrected chi connectivity index (χ2v) is 11.9. The second kappa shape index (κ2) is 7.88. The number of ketones is 1. The highest BCUT2D eigenvalue weighted by atomic mass is 16.5. The first-order valence-electron chi connectivity index (χ1n) is 12.4. The molecule has 0 aromatic heterocycles. The van der Waals surface area contributed by atoms with Gasteiger partial charge >= 0.3 is 11.9 Å². The number of carbonyl (C=O) groups is 3. The Labute approximate surface area is 186 Å². The van der Waals surface area contributed by atoms with E-state index in [4.69, 9.17) is 9.84 Å². The van der Waals surface area contributed by atoms with Crippen LogP contribution in [0.4, 0.5) is 0 Å². The van der Waals surface area contributed by atoms with Gasteiger partial charge in [0, 0.05) is 5.92 Å². The minimum atomic E-state index is -0.957. The lowest BCUT2D eigenvalue weighted by Gasteiger charge is -2.65. The molecule has 1 N–H and O–H groups in total. The number of hydrogen-bond donors (Lipinski definition) is 1. The van der Waals surface area contributed by atoms with Gasteiger partial charge in [0.1, 0.15) is 11.9 Å². The lowest BCUT2D eigenvalue weighted by molar-refractivity contribution is -0.184. The third-order valence-corrected chi connectivity index (χ3v) is 10.7. The maximum absolute atomic E-state index is 12.3. The molecule has 8 atom stereocenters. The second-order valence-electron chi connectivity index (χ2n) is 11.9. The SMILES string of the molecule is CC(=O)[C@H]1CCC2C3CC[C@]4(C)C[C@H](OC(=O)CCC(=O)O)CC[C@]4(C)C3CC[C@@]21C. The summed E-state index contributed by atoms with van der Waals surface area (Å²) < 4.78 is 5.72. The van der Waals surface area contributed by atoms with Crippen LogP contribution in [-0.2, 0) is 19.1 Å². The largest absolute Gasteiger partial charge is 0.481 e. The summed E-state index contributed by atoms with van der Waals surface area (Å²) in [6.07, 6.45) is 9.61. The molecule has 5 heteroatoms. The molecule has 3 unspecified atom stereocenters. The molecule has 4 rings (SSSR count). The van der Waals surface area contributed by atoms with Gasteiger partial charge in [-0.3, -0.25) is 14.4 Å². The van der Waals surface area contributed by atoms with Crippen molar-refractivity contribution in [2.24, 2.45) is 39.9 Å². The first-order chi connectivity index (χ1) is 14.5. The molecule has 0 radical (unpaired) electrons. The van der Waals surface area contributed by atoms with Crippen molar-refractivity contribution in [1.29, 1.82) is 0 Å². The number of rotatable bonds is 5. The minimum Gasteiger partial charge on any atom is -0.481 e. The quantitative estimate of drug-likeness (QED) is 0.588. The van der Waals surface area contributed by atoms with Gasteiger partial charge in [-0.25, -0.2) is 0 Å². The van der Waals surface area contributed by atoms with Crippen molar-refractivity contribution in [3.8, 4) is 0 Å². The van der Waals surface area contributed by atoms with Crippen LogP contribution in [0.1, 0.15) is 98.3 Å². The van der Waals surface area contributed by atoms with Crippen molar-refractivity contribution in [3.05, 3.63) is 0 Å². The van der Waals surface area contributed by atoms with Crippen molar-refractivity contribution >= 4 is 17.7 Å². The number of aliphatic carboxylic acids is 1. The zero-order chi connectivity index (χ0) is 22.6. The van der Waals surface area contributed by atoms with Gasteiger partial charge in [0.15, 0.2) is 0 Å². The van der Waals surface area contributed by atoms with Crippen LogP contribution in [0.25, 0.3) is 0 Å². The fourth-order valence-corrected chi connectivity index (χ4v) is 8.81. The molecule has 4 saturated carbocycles. The number of Topliss-reactive ketones (excluding diaryl/α,β-unsaturated/α-hetero) is 1. The van der Waals surface area contributed by atoms with E-state index in [0.29, 0.717) is 17.6 Å². The van der Waals surface area contributed by atoms with Crippen LogP contribution in [0.2, 0.25) is 0 Å². The molecule has 0 heterocycles. The van der Waals surface area contributed by atoms with Crippen LogP contribution in [0.3, 0.4) is 0 Å². The van der Waals surface area contributed by atoms with Gasteiger partial charge in [0.05, 0.1) is 12.8 Å². The standard InChI is InChI=1S/C26H40O5/c1-16(27)19-5-6-20-18-10-12-24(2)15-17(31-23(30)8-7-22(28)29)9-14-26(24,4)21(18)11-13-25(19,20)3/h17-21H,5-15H2,1-4H3,(H,28,29)/t17-,18?,19-,20?,21?,24-,25-,26-/m1/s1. The molecule has 0 saturated heterocycles. The molecule has 0 aromatic carbocycles. The van der Waals surface area contributed by atoms with Crippen molar-refractivity contribution < 1.29 is 24.2 Å². The molecule has 4 aliphatic rings. The highest BCUT2D eigenvalue weighted by Crippen LogP contribution is 2.70. The summed E-state index contributed by atoms with van der Waals surface area (Å²) in [5, 5.41) is 8.81. The number of carbonyl (C=O) groups excluding carboxylic acids is 2. The van der Waals surface area contributed by atoms with Crippen molar-refractivity contribution in [3.63, 3.8) is 0 Å². The molecule has 4 fully saturated rings. The average Bonchev–Trinajstić information content (AvgIpc) is 3.05. The third kappa shape index (κ3) is 3.64. The average molecular weight is 433 g/mol. The monoisotopic (exact) mass is 432 g/mol. The number of fused-ring (bicyclic) bond motifs is 5. The summed E-state index contributed by atoms with van der Waals surface area (Å²) in [6.45, 7) is 9.09. The van der Waals surface area contributed by atoms with E-state index in [1.807, 2.05) is 0 Å². The van der Waals surface area contributed by atoms with E-state index in [9.17, 15) is 14.4 Å². The molecule has 0 aromatic rings. The number of ether oxygens (including phenoxy) is 1. The number of esters is 1. The molecule has 31 heavy (non-hydrogen) atoms. The van der Waals surface area contributed by atoms with Gasteiger partial charge in [-0.05, 0) is 98.7 Å². The fraction of sp³-hybridized carbons (Fsp3) is 0.885. The summed E-state index contributed by atoms with van der Waals surface area (Å²) in [7, 11) is 0. The Balaban J connectivity index is 1.47. The van der Waals surface area contributed by atoms with Crippen LogP contribution in [0, 0.1) is 39.9 Å². The molecule has 0 amide bonds. The Morgan fingerprint density at radius 1 is 0.903 bits per heavy atom. The van der Waals surface area contributed by atoms with Crippen LogP contribution >= 0.6 is 0 Å². The van der Waals surface area contributed by atoms with E-state index >= 15 is 0 Å². The Bertz CT molecular complexity index is 761. The van der Waals surface area contributed by atoms with E-state index < -0.39 is 5.97 Å². The van der Waals surface area contributed by atoms with Crippen LogP contribution in [0.15, 0.2) is 0 Å². The van der Waals surface area contributed by atoms with Gasteiger partial charge < -0.3 is 9.84 Å². The van der Waals surface area contributed by atoms with E-state index in [-0.39, 0.29) is 47.1 Å². The van der Waals surface area contributed by atoms with E-state index in [1.165, 1.54) is 25.7 Å². The molecular weight excluding hydrogens is 392 g/mol. The van der Waals surface area contributed by atoms with Crippen molar-refractivity contribution in [2.45, 2.75) is 104 Å². The molecule has 5 nitrogen and oxygen atoms in total. The highest BCUT2D eigenvalue weighted by molar-refractivity contribution is 5.79. The van der Waals surface area contributed by atoms with Gasteiger partial charge in [-0.2, -0.15) is 0 Å². The Hall–Kier alpha value is -1.39. The number of carboxylic acids is 1.